The number of halogens is 2. The molecule has 0 aromatic heterocycles. The first-order chi connectivity index (χ1) is 15.3. The fraction of sp³-hybridized carbons (Fsp3) is 0.120. The van der Waals surface area contributed by atoms with Gasteiger partial charge in [0.15, 0.2) is 0 Å². The Kier molecular flexibility index (Phi) is 6.93. The number of anilines is 2. The molecule has 0 aliphatic carbocycles. The zero-order chi connectivity index (χ0) is 22.8. The summed E-state index contributed by atoms with van der Waals surface area (Å²) in [7, 11) is 0. The number of imide groups is 1. The van der Waals surface area contributed by atoms with Gasteiger partial charge in [0.2, 0.25) is 0 Å². The van der Waals surface area contributed by atoms with E-state index in [2.05, 4.69) is 41.8 Å². The second-order valence-electron chi connectivity index (χ2n) is 7.58. The molecule has 4 rings (SSSR count). The number of benzene rings is 3. The van der Waals surface area contributed by atoms with Gasteiger partial charge in [0, 0.05) is 19.2 Å². The molecule has 1 heterocycles. The Balaban J connectivity index is 1.71. The first-order valence-corrected chi connectivity index (χ1v) is 12.3. The molecular formula is C25H20ClIN2O2S. The van der Waals surface area contributed by atoms with Crippen molar-refractivity contribution in [2.75, 3.05) is 10.2 Å². The minimum atomic E-state index is -0.373. The number of nitrogens with zero attached hydrogens (tertiary/aromatic N) is 1. The lowest BCUT2D eigenvalue weighted by Gasteiger charge is -2.16. The summed E-state index contributed by atoms with van der Waals surface area (Å²) in [4.78, 5) is 29.2. The highest BCUT2D eigenvalue weighted by atomic mass is 127. The Morgan fingerprint density at radius 2 is 1.50 bits per heavy atom. The Hall–Kier alpha value is -2.29. The number of thioether (sulfide) groups is 1. The molecule has 0 saturated heterocycles. The molecule has 0 saturated carbocycles. The van der Waals surface area contributed by atoms with E-state index in [-0.39, 0.29) is 17.5 Å². The molecule has 162 valence electrons. The zero-order valence-corrected chi connectivity index (χ0v) is 21.2. The molecular weight excluding hydrogens is 555 g/mol. The highest BCUT2D eigenvalue weighted by Crippen LogP contribution is 2.38. The molecule has 1 aliphatic heterocycles. The van der Waals surface area contributed by atoms with Crippen molar-refractivity contribution >= 4 is 69.1 Å². The van der Waals surface area contributed by atoms with E-state index in [9.17, 15) is 9.59 Å². The third-order valence-electron chi connectivity index (χ3n) is 5.01. The number of rotatable bonds is 6. The van der Waals surface area contributed by atoms with Crippen LogP contribution in [0, 0.1) is 3.57 Å². The van der Waals surface area contributed by atoms with Gasteiger partial charge in [0.1, 0.15) is 10.6 Å². The van der Waals surface area contributed by atoms with Gasteiger partial charge < -0.3 is 5.32 Å². The molecule has 3 aromatic carbocycles. The van der Waals surface area contributed by atoms with E-state index in [1.807, 2.05) is 60.7 Å². The summed E-state index contributed by atoms with van der Waals surface area (Å²) in [5.74, 6) is -0.358. The molecule has 0 unspecified atom stereocenters. The van der Waals surface area contributed by atoms with Crippen LogP contribution in [0.25, 0.3) is 0 Å². The summed E-state index contributed by atoms with van der Waals surface area (Å²) >= 11 is 9.48. The highest BCUT2D eigenvalue weighted by molar-refractivity contribution is 14.1. The van der Waals surface area contributed by atoms with Crippen LogP contribution in [0.4, 0.5) is 11.4 Å². The highest BCUT2D eigenvalue weighted by Gasteiger charge is 2.40. The van der Waals surface area contributed by atoms with Crippen molar-refractivity contribution in [2.24, 2.45) is 0 Å². The Labute approximate surface area is 210 Å². The largest absolute Gasteiger partial charge is 0.350 e. The summed E-state index contributed by atoms with van der Waals surface area (Å²) in [6.45, 7) is 4.21. The Bertz CT molecular complexity index is 1120. The van der Waals surface area contributed by atoms with E-state index >= 15 is 0 Å². The molecule has 0 atom stereocenters. The van der Waals surface area contributed by atoms with Crippen molar-refractivity contribution in [2.45, 2.75) is 24.7 Å². The van der Waals surface area contributed by atoms with Crippen LogP contribution < -0.4 is 10.2 Å². The number of carbonyl (C=O) groups is 2. The summed E-state index contributed by atoms with van der Waals surface area (Å²) in [6.07, 6.45) is 0. The van der Waals surface area contributed by atoms with Crippen LogP contribution in [-0.4, -0.2) is 11.8 Å². The SMILES string of the molecule is CC(C)c1ccc(N2C(=O)C(Nc3ccc(I)cc3)=C(Sc3ccc(Cl)cc3)C2=O)cc1. The molecule has 32 heavy (non-hydrogen) atoms. The van der Waals surface area contributed by atoms with Gasteiger partial charge in [-0.15, -0.1) is 0 Å². The topological polar surface area (TPSA) is 49.4 Å². The minimum Gasteiger partial charge on any atom is -0.350 e. The number of amides is 2. The van der Waals surface area contributed by atoms with Crippen LogP contribution in [0.2, 0.25) is 5.02 Å². The number of hydrogen-bond acceptors (Lipinski definition) is 4. The molecule has 0 spiro atoms. The van der Waals surface area contributed by atoms with Gasteiger partial charge >= 0.3 is 0 Å². The molecule has 7 heteroatoms. The molecule has 0 radical (unpaired) electrons. The van der Waals surface area contributed by atoms with Crippen molar-refractivity contribution < 1.29 is 9.59 Å². The summed E-state index contributed by atoms with van der Waals surface area (Å²) in [5.41, 5.74) is 2.71. The van der Waals surface area contributed by atoms with E-state index in [1.54, 1.807) is 12.1 Å². The predicted molar refractivity (Wildman–Crippen MR) is 140 cm³/mol. The molecule has 2 amide bonds. The maximum atomic E-state index is 13.4. The average Bonchev–Trinajstić information content (AvgIpc) is 3.00. The van der Waals surface area contributed by atoms with Crippen molar-refractivity contribution in [1.29, 1.82) is 0 Å². The van der Waals surface area contributed by atoms with Crippen LogP contribution in [0.15, 0.2) is 88.3 Å². The van der Waals surface area contributed by atoms with Gasteiger partial charge in [0.25, 0.3) is 11.8 Å². The van der Waals surface area contributed by atoms with Crippen molar-refractivity contribution in [3.63, 3.8) is 0 Å². The second-order valence-corrected chi connectivity index (χ2v) is 10.3. The van der Waals surface area contributed by atoms with Gasteiger partial charge in [-0.05, 0) is 94.7 Å². The van der Waals surface area contributed by atoms with E-state index in [0.717, 1.165) is 19.7 Å². The Morgan fingerprint density at radius 1 is 0.875 bits per heavy atom. The lowest BCUT2D eigenvalue weighted by molar-refractivity contribution is -0.120. The third-order valence-corrected chi connectivity index (χ3v) is 7.07. The lowest BCUT2D eigenvalue weighted by atomic mass is 10.0. The van der Waals surface area contributed by atoms with Crippen LogP contribution in [-0.2, 0) is 9.59 Å². The van der Waals surface area contributed by atoms with E-state index in [0.29, 0.717) is 21.5 Å². The first kappa shape index (κ1) is 22.9. The summed E-state index contributed by atoms with van der Waals surface area (Å²) < 4.78 is 1.08. The lowest BCUT2D eigenvalue weighted by Crippen LogP contribution is -2.32. The van der Waals surface area contributed by atoms with Crippen LogP contribution in [0.1, 0.15) is 25.3 Å². The summed E-state index contributed by atoms with van der Waals surface area (Å²) in [6, 6.07) is 22.4. The third kappa shape index (κ3) is 4.87. The van der Waals surface area contributed by atoms with E-state index in [1.165, 1.54) is 16.7 Å². The van der Waals surface area contributed by atoms with Crippen molar-refractivity contribution in [1.82, 2.24) is 0 Å². The monoisotopic (exact) mass is 574 g/mol. The van der Waals surface area contributed by atoms with Gasteiger partial charge in [-0.1, -0.05) is 49.3 Å². The van der Waals surface area contributed by atoms with Gasteiger partial charge in [-0.2, -0.15) is 0 Å². The maximum Gasteiger partial charge on any atom is 0.283 e. The smallest absolute Gasteiger partial charge is 0.283 e. The standard InChI is InChI=1S/C25H20ClIN2O2S/c1-15(2)16-3-11-20(12-4-16)29-24(30)22(28-19-9-7-18(27)8-10-19)23(25(29)31)32-21-13-5-17(26)6-14-21/h3-15,28H,1-2H3. The maximum absolute atomic E-state index is 13.4. The zero-order valence-electron chi connectivity index (χ0n) is 17.4. The van der Waals surface area contributed by atoms with E-state index in [4.69, 9.17) is 11.6 Å². The van der Waals surface area contributed by atoms with Crippen molar-refractivity contribution in [3.05, 3.63) is 97.6 Å². The molecule has 3 aromatic rings. The number of carbonyl (C=O) groups excluding carboxylic acids is 2. The van der Waals surface area contributed by atoms with Crippen LogP contribution in [0.5, 0.6) is 0 Å². The van der Waals surface area contributed by atoms with Gasteiger partial charge in [-0.3, -0.25) is 9.59 Å². The molecule has 1 aliphatic rings. The quantitative estimate of drug-likeness (QED) is 0.253. The fourth-order valence-electron chi connectivity index (χ4n) is 3.26. The summed E-state index contributed by atoms with van der Waals surface area (Å²) in [5, 5.41) is 3.79. The molecule has 1 N–H and O–H groups in total. The first-order valence-electron chi connectivity index (χ1n) is 10.0. The molecule has 4 nitrogen and oxygen atoms in total. The van der Waals surface area contributed by atoms with Crippen LogP contribution >= 0.6 is 46.0 Å². The predicted octanol–water partition coefficient (Wildman–Crippen LogP) is 7.06. The fourth-order valence-corrected chi connectivity index (χ4v) is 4.67. The number of hydrogen-bond donors (Lipinski definition) is 1. The molecule has 0 bridgehead atoms. The second kappa shape index (κ2) is 9.68. The normalized spacial score (nSPS) is 14.0. The van der Waals surface area contributed by atoms with E-state index < -0.39 is 0 Å². The molecule has 0 fully saturated rings. The Morgan fingerprint density at radius 3 is 2.09 bits per heavy atom. The van der Waals surface area contributed by atoms with Crippen LogP contribution in [0.3, 0.4) is 0 Å². The average molecular weight is 575 g/mol. The minimum absolute atomic E-state index is 0.268. The van der Waals surface area contributed by atoms with Gasteiger partial charge in [-0.25, -0.2) is 4.90 Å². The number of nitrogens with one attached hydrogen (secondary N) is 1. The van der Waals surface area contributed by atoms with Gasteiger partial charge in [0.05, 0.1) is 5.69 Å². The van der Waals surface area contributed by atoms with Crippen molar-refractivity contribution in [3.8, 4) is 0 Å².